The van der Waals surface area contributed by atoms with Crippen molar-refractivity contribution in [3.63, 3.8) is 0 Å². The number of nitrogens with zero attached hydrogens (tertiary/aromatic N) is 1. The van der Waals surface area contributed by atoms with E-state index in [4.69, 9.17) is 4.42 Å². The molecule has 0 aliphatic carbocycles. The number of piperidine rings is 1. The number of rotatable bonds is 7. The Morgan fingerprint density at radius 2 is 1.89 bits per heavy atom. The van der Waals surface area contributed by atoms with Crippen molar-refractivity contribution in [2.24, 2.45) is 5.92 Å². The van der Waals surface area contributed by atoms with Crippen LogP contribution in [-0.4, -0.2) is 31.4 Å². The fourth-order valence-electron chi connectivity index (χ4n) is 3.19. The number of amides is 2. The first kappa shape index (κ1) is 19.0. The second-order valence-corrected chi connectivity index (χ2v) is 7.10. The van der Waals surface area contributed by atoms with Crippen LogP contribution in [0.1, 0.15) is 43.2 Å². The largest absolute Gasteiger partial charge is 0.459 e. The number of benzene rings is 1. The van der Waals surface area contributed by atoms with Crippen LogP contribution in [0.3, 0.4) is 0 Å². The van der Waals surface area contributed by atoms with Crippen molar-refractivity contribution in [2.45, 2.75) is 32.6 Å². The lowest BCUT2D eigenvalue weighted by molar-refractivity contribution is -0.116. The van der Waals surface area contributed by atoms with Crippen molar-refractivity contribution in [1.82, 2.24) is 5.32 Å². The number of carbonyl (C=O) groups excluding carboxylic acids is 2. The highest BCUT2D eigenvalue weighted by molar-refractivity contribution is 5.92. The van der Waals surface area contributed by atoms with E-state index in [1.165, 1.54) is 24.8 Å². The molecule has 27 heavy (non-hydrogen) atoms. The van der Waals surface area contributed by atoms with Gasteiger partial charge < -0.3 is 20.0 Å². The molecule has 0 atom stereocenters. The van der Waals surface area contributed by atoms with E-state index in [9.17, 15) is 9.59 Å². The van der Waals surface area contributed by atoms with Crippen molar-refractivity contribution in [1.29, 1.82) is 0 Å². The molecule has 1 saturated heterocycles. The van der Waals surface area contributed by atoms with Gasteiger partial charge in [0.25, 0.3) is 5.91 Å². The van der Waals surface area contributed by atoms with Crippen LogP contribution in [-0.2, 0) is 4.79 Å². The highest BCUT2D eigenvalue weighted by atomic mass is 16.3. The Morgan fingerprint density at radius 1 is 1.15 bits per heavy atom. The van der Waals surface area contributed by atoms with Crippen molar-refractivity contribution < 1.29 is 14.0 Å². The number of hydrogen-bond acceptors (Lipinski definition) is 4. The Labute approximate surface area is 159 Å². The number of anilines is 2. The second kappa shape index (κ2) is 9.26. The Kier molecular flexibility index (Phi) is 6.52. The molecule has 2 amide bonds. The van der Waals surface area contributed by atoms with Gasteiger partial charge in [0.1, 0.15) is 0 Å². The van der Waals surface area contributed by atoms with Crippen LogP contribution in [0.15, 0.2) is 47.1 Å². The molecule has 1 fully saturated rings. The summed E-state index contributed by atoms with van der Waals surface area (Å²) < 4.78 is 5.02. The SMILES string of the molecule is CC1CCN(c2ccc(NC(=O)CCCNC(=O)c3ccco3)cc2)CC1. The fraction of sp³-hybridized carbons (Fsp3) is 0.429. The van der Waals surface area contributed by atoms with Crippen LogP contribution in [0, 0.1) is 5.92 Å². The molecule has 1 aromatic heterocycles. The zero-order valence-electron chi connectivity index (χ0n) is 15.7. The van der Waals surface area contributed by atoms with Crippen LogP contribution >= 0.6 is 0 Å². The molecule has 6 nitrogen and oxygen atoms in total. The van der Waals surface area contributed by atoms with Gasteiger partial charge in [-0.2, -0.15) is 0 Å². The van der Waals surface area contributed by atoms with Crippen LogP contribution in [0.4, 0.5) is 11.4 Å². The Balaban J connectivity index is 1.37. The average molecular weight is 369 g/mol. The van der Waals surface area contributed by atoms with Gasteiger partial charge in [-0.15, -0.1) is 0 Å². The lowest BCUT2D eigenvalue weighted by atomic mass is 9.99. The molecule has 144 valence electrons. The summed E-state index contributed by atoms with van der Waals surface area (Å²) in [4.78, 5) is 26.2. The van der Waals surface area contributed by atoms with Gasteiger partial charge in [-0.25, -0.2) is 0 Å². The zero-order valence-corrected chi connectivity index (χ0v) is 15.7. The molecule has 2 N–H and O–H groups in total. The maximum Gasteiger partial charge on any atom is 0.286 e. The molecule has 6 heteroatoms. The maximum atomic E-state index is 12.1. The molecule has 2 aromatic rings. The minimum atomic E-state index is -0.261. The number of nitrogens with one attached hydrogen (secondary N) is 2. The summed E-state index contributed by atoms with van der Waals surface area (Å²) in [6.45, 7) is 4.92. The third-order valence-corrected chi connectivity index (χ3v) is 4.91. The highest BCUT2D eigenvalue weighted by Gasteiger charge is 2.16. The number of furan rings is 1. The van der Waals surface area contributed by atoms with Gasteiger partial charge in [0.2, 0.25) is 5.91 Å². The Morgan fingerprint density at radius 3 is 2.56 bits per heavy atom. The van der Waals surface area contributed by atoms with Gasteiger partial charge in [0.05, 0.1) is 6.26 Å². The summed E-state index contributed by atoms with van der Waals surface area (Å²) in [5, 5.41) is 5.64. The standard InChI is InChI=1S/C21H27N3O3/c1-16-10-13-24(14-11-16)18-8-6-17(7-9-18)23-20(25)5-2-12-22-21(26)19-4-3-15-27-19/h3-4,6-9,15-16H,2,5,10-14H2,1H3,(H,22,26)(H,23,25). The number of hydrogen-bond donors (Lipinski definition) is 2. The first-order chi connectivity index (χ1) is 13.1. The van der Waals surface area contributed by atoms with E-state index in [-0.39, 0.29) is 17.6 Å². The normalized spacial score (nSPS) is 14.8. The van der Waals surface area contributed by atoms with Gasteiger partial charge in [-0.05, 0) is 61.6 Å². The average Bonchev–Trinajstić information content (AvgIpc) is 3.21. The third-order valence-electron chi connectivity index (χ3n) is 4.91. The predicted octanol–water partition coefficient (Wildman–Crippen LogP) is 3.66. The lowest BCUT2D eigenvalue weighted by Crippen LogP contribution is -2.32. The smallest absolute Gasteiger partial charge is 0.286 e. The molecular weight excluding hydrogens is 342 g/mol. The Hall–Kier alpha value is -2.76. The van der Waals surface area contributed by atoms with Gasteiger partial charge in [0, 0.05) is 37.4 Å². The summed E-state index contributed by atoms with van der Waals surface area (Å²) in [5.41, 5.74) is 2.01. The monoisotopic (exact) mass is 369 g/mol. The van der Waals surface area contributed by atoms with Crippen LogP contribution in [0.25, 0.3) is 0 Å². The zero-order chi connectivity index (χ0) is 19.1. The first-order valence-electron chi connectivity index (χ1n) is 9.58. The third kappa shape index (κ3) is 5.61. The van der Waals surface area contributed by atoms with Crippen molar-refractivity contribution >= 4 is 23.2 Å². The maximum absolute atomic E-state index is 12.1. The van der Waals surface area contributed by atoms with E-state index < -0.39 is 0 Å². The van der Waals surface area contributed by atoms with Crippen LogP contribution in [0.2, 0.25) is 0 Å². The molecule has 0 unspecified atom stereocenters. The minimum Gasteiger partial charge on any atom is -0.459 e. The summed E-state index contributed by atoms with van der Waals surface area (Å²) in [6, 6.07) is 11.3. The van der Waals surface area contributed by atoms with E-state index >= 15 is 0 Å². The molecule has 0 bridgehead atoms. The number of carbonyl (C=O) groups is 2. The fourth-order valence-corrected chi connectivity index (χ4v) is 3.19. The molecule has 1 aromatic carbocycles. The van der Waals surface area contributed by atoms with Gasteiger partial charge in [-0.1, -0.05) is 6.92 Å². The van der Waals surface area contributed by atoms with Crippen molar-refractivity contribution in [3.05, 3.63) is 48.4 Å². The predicted molar refractivity (Wildman–Crippen MR) is 106 cm³/mol. The highest BCUT2D eigenvalue weighted by Crippen LogP contribution is 2.24. The summed E-state index contributed by atoms with van der Waals surface area (Å²) >= 11 is 0. The van der Waals surface area contributed by atoms with E-state index in [0.29, 0.717) is 19.4 Å². The summed E-state index contributed by atoms with van der Waals surface area (Å²) in [6.07, 6.45) is 4.84. The Bertz CT molecular complexity index is 733. The molecule has 1 aliphatic heterocycles. The molecule has 0 saturated carbocycles. The van der Waals surface area contributed by atoms with Gasteiger partial charge >= 0.3 is 0 Å². The summed E-state index contributed by atoms with van der Waals surface area (Å²) in [7, 11) is 0. The van der Waals surface area contributed by atoms with Gasteiger partial charge in [0.15, 0.2) is 5.76 Å². The quantitative estimate of drug-likeness (QED) is 0.731. The summed E-state index contributed by atoms with van der Waals surface area (Å²) in [5.74, 6) is 0.774. The van der Waals surface area contributed by atoms with Crippen LogP contribution in [0.5, 0.6) is 0 Å². The topological polar surface area (TPSA) is 74.6 Å². The molecular formula is C21H27N3O3. The van der Waals surface area contributed by atoms with Crippen molar-refractivity contribution in [3.8, 4) is 0 Å². The molecule has 0 radical (unpaired) electrons. The molecule has 3 rings (SSSR count). The lowest BCUT2D eigenvalue weighted by Gasteiger charge is -2.32. The molecule has 2 heterocycles. The van der Waals surface area contributed by atoms with E-state index in [2.05, 4.69) is 34.6 Å². The van der Waals surface area contributed by atoms with Gasteiger partial charge in [-0.3, -0.25) is 9.59 Å². The van der Waals surface area contributed by atoms with E-state index in [1.54, 1.807) is 12.1 Å². The van der Waals surface area contributed by atoms with E-state index in [1.807, 2.05) is 12.1 Å². The van der Waals surface area contributed by atoms with Crippen LogP contribution < -0.4 is 15.5 Å². The molecule has 1 aliphatic rings. The van der Waals surface area contributed by atoms with Crippen molar-refractivity contribution in [2.75, 3.05) is 29.9 Å². The van der Waals surface area contributed by atoms with E-state index in [0.717, 1.165) is 24.7 Å². The second-order valence-electron chi connectivity index (χ2n) is 7.10. The molecule has 0 spiro atoms. The minimum absolute atomic E-state index is 0.0539. The first-order valence-corrected chi connectivity index (χ1v) is 9.58.